The van der Waals surface area contributed by atoms with E-state index in [-0.39, 0.29) is 31.3 Å². The van der Waals surface area contributed by atoms with E-state index in [1.165, 1.54) is 14.2 Å². The first-order valence-corrected chi connectivity index (χ1v) is 23.3. The van der Waals surface area contributed by atoms with E-state index < -0.39 is 17.6 Å². The number of nitrogens with zero attached hydrogens (tertiary/aromatic N) is 8. The number of aromatic nitrogens is 6. The van der Waals surface area contributed by atoms with E-state index in [0.717, 1.165) is 29.8 Å². The summed E-state index contributed by atoms with van der Waals surface area (Å²) >= 11 is 0. The molecule has 0 aliphatic carbocycles. The Hall–Kier alpha value is -8.59. The highest BCUT2D eigenvalue weighted by atomic mass is 16.6. The molecular weight excluding hydrogens is 935 g/mol. The van der Waals surface area contributed by atoms with E-state index in [1.807, 2.05) is 73.6 Å². The second-order valence-electron chi connectivity index (χ2n) is 16.8. The molecular formula is C52H67N13O8. The summed E-state index contributed by atoms with van der Waals surface area (Å²) in [5, 5.41) is 17.3. The second-order valence-corrected chi connectivity index (χ2v) is 16.8. The highest BCUT2D eigenvalue weighted by Gasteiger charge is 2.22. The molecule has 0 radical (unpaired) electrons. The predicted octanol–water partition coefficient (Wildman–Crippen LogP) is 7.34. The molecule has 0 atom stereocenters. The molecule has 3 amide bonds. The molecule has 6 rings (SSSR count). The lowest BCUT2D eigenvalue weighted by Gasteiger charge is -2.27. The van der Waals surface area contributed by atoms with Crippen LogP contribution in [0.5, 0.6) is 11.5 Å². The van der Waals surface area contributed by atoms with Crippen LogP contribution in [0.25, 0.3) is 17.1 Å². The SMILES string of the molecule is C=Nc1cc(C=O)cc(OC)c1N(C/C=C/Cn1c(NC)nc2cc(C(N)=O)cc(OC/C=C/c3cccc(NC(=O)OC(C)(C)C)c3)c21)CNC(=O)c1cc(C)nn1CC.CCn1nc(C)cc1C=O.CN. The summed E-state index contributed by atoms with van der Waals surface area (Å²) in [7, 11) is 4.73. The van der Waals surface area contributed by atoms with Gasteiger partial charge in [-0.25, -0.2) is 9.78 Å². The molecule has 21 nitrogen and oxygen atoms in total. The van der Waals surface area contributed by atoms with Crippen LogP contribution in [0, 0.1) is 13.8 Å². The Bertz CT molecular complexity index is 2940. The number of nitrogens with one attached hydrogen (secondary N) is 3. The zero-order valence-corrected chi connectivity index (χ0v) is 43.2. The Balaban J connectivity index is 0.000000850. The van der Waals surface area contributed by atoms with Gasteiger partial charge in [0, 0.05) is 50.0 Å². The molecule has 0 aliphatic heterocycles. The molecule has 21 heteroatoms. The summed E-state index contributed by atoms with van der Waals surface area (Å²) in [5.41, 5.74) is 16.2. The lowest BCUT2D eigenvalue weighted by atomic mass is 10.1. The largest absolute Gasteiger partial charge is 0.494 e. The van der Waals surface area contributed by atoms with E-state index >= 15 is 0 Å². The number of carbonyl (C=O) groups is 5. The predicted molar refractivity (Wildman–Crippen MR) is 286 cm³/mol. The van der Waals surface area contributed by atoms with Gasteiger partial charge >= 0.3 is 6.09 Å². The number of imidazole rings is 1. The first-order valence-electron chi connectivity index (χ1n) is 23.3. The zero-order valence-electron chi connectivity index (χ0n) is 43.2. The summed E-state index contributed by atoms with van der Waals surface area (Å²) in [6.07, 6.45) is 8.44. The lowest BCUT2D eigenvalue weighted by Crippen LogP contribution is -2.39. The normalized spacial score (nSPS) is 11.0. The number of allylic oxidation sites excluding steroid dienone is 1. The number of amides is 3. The minimum absolute atomic E-state index is 0.0398. The average molecular weight is 1000 g/mol. The Morgan fingerprint density at radius 1 is 0.890 bits per heavy atom. The van der Waals surface area contributed by atoms with Crippen LogP contribution < -0.4 is 41.8 Å². The van der Waals surface area contributed by atoms with Crippen molar-refractivity contribution in [2.45, 2.75) is 73.7 Å². The summed E-state index contributed by atoms with van der Waals surface area (Å²) in [4.78, 5) is 70.9. The molecule has 0 saturated carbocycles. The average Bonchev–Trinajstić information content (AvgIpc) is 4.07. The number of aldehydes is 2. The lowest BCUT2D eigenvalue weighted by molar-refractivity contribution is 0.0635. The molecule has 7 N–H and O–H groups in total. The van der Waals surface area contributed by atoms with Gasteiger partial charge < -0.3 is 45.8 Å². The fourth-order valence-corrected chi connectivity index (χ4v) is 7.35. The number of ether oxygens (including phenoxy) is 3. The van der Waals surface area contributed by atoms with Gasteiger partial charge in [0.25, 0.3) is 5.91 Å². The van der Waals surface area contributed by atoms with Crippen molar-refractivity contribution in [3.05, 3.63) is 118 Å². The molecule has 3 aromatic heterocycles. The minimum Gasteiger partial charge on any atom is -0.494 e. The van der Waals surface area contributed by atoms with E-state index in [1.54, 1.807) is 85.7 Å². The van der Waals surface area contributed by atoms with Crippen molar-refractivity contribution in [1.82, 2.24) is 34.4 Å². The van der Waals surface area contributed by atoms with Crippen molar-refractivity contribution in [2.75, 3.05) is 56.6 Å². The standard InChI is InChI=1S/C44H52N10O7.C7H10N2O.CH5N/c1-9-54-35(20-28(2)51-54)41(57)48-27-52(38-33(46-6)22-30(26-55)23-36(38)59-8)17-10-11-18-53-39-34(50-42(53)47-7)24-31(40(45)56)25-37(39)60-19-13-15-29-14-12-16-32(21-29)49-43(58)61-44(3,4)5;1-3-9-7(5-10)4-6(2)8-9;1-2/h10-16,20-26H,6,9,17-19,27H2,1-5,7-8H3,(H2,45,56)(H,47,50)(H,48,57)(H,49,58);4-5H,3H2,1-2H3;2H2,1H3/b11-10+,15-13+;;. The number of anilines is 3. The van der Waals surface area contributed by atoms with Crippen LogP contribution >= 0.6 is 0 Å². The molecule has 0 spiro atoms. The highest BCUT2D eigenvalue weighted by Crippen LogP contribution is 2.39. The number of aryl methyl sites for hydroxylation is 4. The van der Waals surface area contributed by atoms with Crippen molar-refractivity contribution in [3.8, 4) is 11.5 Å². The molecule has 388 valence electrons. The Morgan fingerprint density at radius 2 is 1.60 bits per heavy atom. The summed E-state index contributed by atoms with van der Waals surface area (Å²) in [5.74, 6) is 0.299. The number of hydrogen-bond donors (Lipinski definition) is 5. The second kappa shape index (κ2) is 27.1. The topological polar surface area (TPSA) is 270 Å². The number of methoxy groups -OCH3 is 1. The van der Waals surface area contributed by atoms with Crippen LogP contribution in [-0.2, 0) is 24.4 Å². The van der Waals surface area contributed by atoms with Gasteiger partial charge in [-0.3, -0.25) is 38.9 Å². The first kappa shape index (κ1) is 57.0. The third-order valence-corrected chi connectivity index (χ3v) is 10.4. The van der Waals surface area contributed by atoms with E-state index in [2.05, 4.69) is 43.6 Å². The Kier molecular flexibility index (Phi) is 21.2. The van der Waals surface area contributed by atoms with Crippen LogP contribution in [0.1, 0.15) is 93.3 Å². The van der Waals surface area contributed by atoms with Crippen LogP contribution in [0.3, 0.4) is 0 Å². The maximum atomic E-state index is 13.4. The van der Waals surface area contributed by atoms with Crippen molar-refractivity contribution < 1.29 is 38.2 Å². The number of aliphatic imine (C=N–C) groups is 1. The zero-order chi connectivity index (χ0) is 53.8. The maximum Gasteiger partial charge on any atom is 0.412 e. The monoisotopic (exact) mass is 1000 g/mol. The molecule has 0 unspecified atom stereocenters. The van der Waals surface area contributed by atoms with E-state index in [9.17, 15) is 24.0 Å². The third kappa shape index (κ3) is 15.7. The molecule has 0 saturated heterocycles. The quantitative estimate of drug-likeness (QED) is 0.0204. The molecule has 0 fully saturated rings. The van der Waals surface area contributed by atoms with Gasteiger partial charge in [0.2, 0.25) is 11.9 Å². The van der Waals surface area contributed by atoms with Gasteiger partial charge in [-0.05, 0) is 122 Å². The van der Waals surface area contributed by atoms with Crippen LogP contribution in [-0.4, -0.2) is 113 Å². The molecule has 6 aromatic rings. The van der Waals surface area contributed by atoms with Crippen molar-refractivity contribution in [1.29, 1.82) is 0 Å². The highest BCUT2D eigenvalue weighted by molar-refractivity contribution is 5.99. The van der Waals surface area contributed by atoms with Gasteiger partial charge in [0.1, 0.15) is 52.6 Å². The molecule has 3 heterocycles. The van der Waals surface area contributed by atoms with Crippen LogP contribution in [0.2, 0.25) is 0 Å². The first-order chi connectivity index (χ1) is 34.9. The van der Waals surface area contributed by atoms with E-state index in [0.29, 0.717) is 81.9 Å². The summed E-state index contributed by atoms with van der Waals surface area (Å²) < 4.78 is 22.5. The number of primary amides is 1. The fourth-order valence-electron chi connectivity index (χ4n) is 7.35. The fraction of sp³-hybridized carbons (Fsp3) is 0.327. The molecule has 0 aliphatic rings. The maximum absolute atomic E-state index is 13.4. The number of rotatable bonds is 21. The van der Waals surface area contributed by atoms with E-state index in [4.69, 9.17) is 24.9 Å². The molecule has 0 bridgehead atoms. The summed E-state index contributed by atoms with van der Waals surface area (Å²) in [6.45, 7) is 18.7. The van der Waals surface area contributed by atoms with Crippen molar-refractivity contribution in [3.63, 3.8) is 0 Å². The minimum atomic E-state index is -0.636. The number of carbonyl (C=O) groups excluding carboxylic acids is 5. The Labute approximate surface area is 425 Å². The van der Waals surface area contributed by atoms with Gasteiger partial charge in [-0.15, -0.1) is 0 Å². The van der Waals surface area contributed by atoms with Crippen molar-refractivity contribution in [2.24, 2.45) is 16.5 Å². The van der Waals surface area contributed by atoms with Gasteiger partial charge in [0.05, 0.1) is 36.4 Å². The summed E-state index contributed by atoms with van der Waals surface area (Å²) in [6, 6.07) is 17.1. The van der Waals surface area contributed by atoms with Gasteiger partial charge in [-0.2, -0.15) is 10.2 Å². The number of hydrogen-bond acceptors (Lipinski definition) is 15. The number of fused-ring (bicyclic) bond motifs is 1. The Morgan fingerprint density at radius 3 is 2.22 bits per heavy atom. The van der Waals surface area contributed by atoms with Crippen molar-refractivity contribution >= 4 is 77.3 Å². The van der Waals surface area contributed by atoms with Gasteiger partial charge in [-0.1, -0.05) is 30.4 Å². The van der Waals surface area contributed by atoms with Crippen LogP contribution in [0.15, 0.2) is 83.9 Å². The van der Waals surface area contributed by atoms with Crippen LogP contribution in [0.4, 0.5) is 27.8 Å². The third-order valence-electron chi connectivity index (χ3n) is 10.4. The smallest absolute Gasteiger partial charge is 0.412 e. The number of nitrogens with two attached hydrogens (primary N) is 2. The molecule has 3 aromatic carbocycles. The number of benzene rings is 3. The van der Waals surface area contributed by atoms with Gasteiger partial charge in [0.15, 0.2) is 6.29 Å². The molecule has 73 heavy (non-hydrogen) atoms.